The van der Waals surface area contributed by atoms with E-state index < -0.39 is 0 Å². The van der Waals surface area contributed by atoms with Crippen LogP contribution >= 0.6 is 23.2 Å². The number of likely N-dealkylation sites (N-methyl/N-ethyl adjacent to an activating group) is 1. The molecule has 138 valence electrons. The van der Waals surface area contributed by atoms with E-state index in [2.05, 4.69) is 20.2 Å². The fourth-order valence-corrected chi connectivity index (χ4v) is 3.27. The summed E-state index contributed by atoms with van der Waals surface area (Å²) in [5, 5.41) is 3.59. The molecule has 6 nitrogen and oxygen atoms in total. The van der Waals surface area contributed by atoms with Gasteiger partial charge in [-0.2, -0.15) is 0 Å². The van der Waals surface area contributed by atoms with Crippen molar-refractivity contribution in [1.29, 1.82) is 0 Å². The molecule has 1 aromatic heterocycles. The van der Waals surface area contributed by atoms with E-state index in [1.165, 1.54) is 0 Å². The van der Waals surface area contributed by atoms with Crippen LogP contribution in [0.3, 0.4) is 0 Å². The second-order valence-corrected chi connectivity index (χ2v) is 7.32. The van der Waals surface area contributed by atoms with Crippen LogP contribution in [-0.4, -0.2) is 53.5 Å². The highest BCUT2D eigenvalue weighted by atomic mass is 35.5. The van der Waals surface area contributed by atoms with Gasteiger partial charge in [0.2, 0.25) is 5.91 Å². The van der Waals surface area contributed by atoms with Crippen LogP contribution < -0.4 is 10.2 Å². The average Bonchev–Trinajstić information content (AvgIpc) is 2.49. The van der Waals surface area contributed by atoms with Crippen molar-refractivity contribution in [3.63, 3.8) is 0 Å². The summed E-state index contributed by atoms with van der Waals surface area (Å²) in [7, 11) is 1.94. The van der Waals surface area contributed by atoms with Crippen molar-refractivity contribution < 1.29 is 4.79 Å². The highest BCUT2D eigenvalue weighted by Crippen LogP contribution is 2.29. The molecule has 0 aliphatic carbocycles. The zero-order valence-corrected chi connectivity index (χ0v) is 16.5. The molecule has 0 unspecified atom stereocenters. The lowest BCUT2D eigenvalue weighted by Gasteiger charge is -2.44. The number of aromatic nitrogens is 2. The number of nitrogens with zero attached hydrogens (tertiary/aromatic N) is 4. The van der Waals surface area contributed by atoms with Crippen LogP contribution in [0, 0.1) is 13.8 Å². The van der Waals surface area contributed by atoms with Crippen molar-refractivity contribution in [2.45, 2.75) is 19.9 Å². The maximum absolute atomic E-state index is 12.3. The maximum Gasteiger partial charge on any atom is 0.238 e. The van der Waals surface area contributed by atoms with Crippen LogP contribution in [0.4, 0.5) is 11.5 Å². The molecule has 26 heavy (non-hydrogen) atoms. The number of carbonyl (C=O) groups is 1. The molecule has 3 rings (SSSR count). The van der Waals surface area contributed by atoms with Crippen molar-refractivity contribution in [2.24, 2.45) is 0 Å². The van der Waals surface area contributed by atoms with Crippen molar-refractivity contribution in [1.82, 2.24) is 14.9 Å². The molecule has 1 amide bonds. The van der Waals surface area contributed by atoms with E-state index >= 15 is 0 Å². The highest BCUT2D eigenvalue weighted by molar-refractivity contribution is 6.44. The van der Waals surface area contributed by atoms with Gasteiger partial charge in [-0.25, -0.2) is 9.97 Å². The molecular weight excluding hydrogens is 373 g/mol. The topological polar surface area (TPSA) is 61.4 Å². The van der Waals surface area contributed by atoms with Gasteiger partial charge in [-0.1, -0.05) is 29.3 Å². The molecule has 1 fully saturated rings. The van der Waals surface area contributed by atoms with Crippen LogP contribution in [0.2, 0.25) is 10.0 Å². The Bertz CT molecular complexity index is 803. The maximum atomic E-state index is 12.3. The molecule has 0 atom stereocenters. The predicted molar refractivity (Wildman–Crippen MR) is 105 cm³/mol. The second-order valence-electron chi connectivity index (χ2n) is 6.54. The van der Waals surface area contributed by atoms with Gasteiger partial charge in [0, 0.05) is 30.9 Å². The van der Waals surface area contributed by atoms with Gasteiger partial charge >= 0.3 is 0 Å². The Morgan fingerprint density at radius 2 is 2.04 bits per heavy atom. The summed E-state index contributed by atoms with van der Waals surface area (Å²) >= 11 is 12.1. The highest BCUT2D eigenvalue weighted by Gasteiger charge is 2.32. The Kier molecular flexibility index (Phi) is 5.65. The van der Waals surface area contributed by atoms with Gasteiger partial charge in [0.25, 0.3) is 0 Å². The molecule has 0 saturated carbocycles. The van der Waals surface area contributed by atoms with Gasteiger partial charge in [0.05, 0.1) is 22.3 Å². The van der Waals surface area contributed by atoms with E-state index in [0.29, 0.717) is 21.8 Å². The Balaban J connectivity index is 1.52. The summed E-state index contributed by atoms with van der Waals surface area (Å²) < 4.78 is 0. The molecule has 2 aromatic rings. The van der Waals surface area contributed by atoms with Crippen LogP contribution in [0.1, 0.15) is 11.5 Å². The summed E-state index contributed by atoms with van der Waals surface area (Å²) in [5.41, 5.74) is 1.49. The zero-order chi connectivity index (χ0) is 18.8. The minimum absolute atomic E-state index is 0.121. The number of amides is 1. The van der Waals surface area contributed by atoms with Gasteiger partial charge in [0.15, 0.2) is 0 Å². The van der Waals surface area contributed by atoms with Gasteiger partial charge in [-0.15, -0.1) is 0 Å². The number of carbonyl (C=O) groups excluding carboxylic acids is 1. The first-order valence-corrected chi connectivity index (χ1v) is 9.10. The van der Waals surface area contributed by atoms with Gasteiger partial charge in [0.1, 0.15) is 11.6 Å². The van der Waals surface area contributed by atoms with Crippen molar-refractivity contribution in [3.8, 4) is 0 Å². The Labute approximate surface area is 163 Å². The van der Waals surface area contributed by atoms with Crippen molar-refractivity contribution >= 4 is 40.6 Å². The van der Waals surface area contributed by atoms with Crippen LogP contribution in [0.5, 0.6) is 0 Å². The average molecular weight is 394 g/mol. The number of nitrogens with one attached hydrogen (secondary N) is 1. The van der Waals surface area contributed by atoms with E-state index in [9.17, 15) is 4.79 Å². The molecule has 2 heterocycles. The number of benzene rings is 1. The van der Waals surface area contributed by atoms with Gasteiger partial charge in [-0.05, 0) is 33.0 Å². The number of hydrogen-bond acceptors (Lipinski definition) is 5. The minimum atomic E-state index is -0.121. The third-order valence-corrected chi connectivity index (χ3v) is 5.20. The SMILES string of the molecule is Cc1cc(N2CC(N(C)CC(=O)Nc3cccc(Cl)c3Cl)C2)nc(C)n1. The van der Waals surface area contributed by atoms with Crippen molar-refractivity contribution in [3.05, 3.63) is 45.8 Å². The normalized spacial score (nSPS) is 14.5. The first kappa shape index (κ1) is 18.9. The fourth-order valence-electron chi connectivity index (χ4n) is 2.93. The van der Waals surface area contributed by atoms with E-state index in [-0.39, 0.29) is 12.5 Å². The quantitative estimate of drug-likeness (QED) is 0.844. The van der Waals surface area contributed by atoms with E-state index in [4.69, 9.17) is 23.2 Å². The van der Waals surface area contributed by atoms with E-state index in [1.807, 2.05) is 31.9 Å². The first-order chi connectivity index (χ1) is 12.3. The lowest BCUT2D eigenvalue weighted by Crippen LogP contribution is -2.59. The molecule has 1 aromatic carbocycles. The summed E-state index contributed by atoms with van der Waals surface area (Å²) in [4.78, 5) is 25.3. The smallest absolute Gasteiger partial charge is 0.238 e. The molecule has 0 radical (unpaired) electrons. The molecule has 1 N–H and O–H groups in total. The second kappa shape index (κ2) is 7.78. The number of halogens is 2. The summed E-state index contributed by atoms with van der Waals surface area (Å²) in [5.74, 6) is 1.59. The summed E-state index contributed by atoms with van der Waals surface area (Å²) in [6, 6.07) is 7.45. The van der Waals surface area contributed by atoms with Gasteiger partial charge < -0.3 is 10.2 Å². The zero-order valence-electron chi connectivity index (χ0n) is 15.0. The van der Waals surface area contributed by atoms with Crippen LogP contribution in [-0.2, 0) is 4.79 Å². The molecule has 1 aliphatic rings. The largest absolute Gasteiger partial charge is 0.353 e. The summed E-state index contributed by atoms with van der Waals surface area (Å²) in [6.45, 7) is 5.80. The van der Waals surface area contributed by atoms with E-state index in [1.54, 1.807) is 18.2 Å². The van der Waals surface area contributed by atoms with Crippen molar-refractivity contribution in [2.75, 3.05) is 36.9 Å². The Hall–Kier alpha value is -1.89. The number of rotatable bonds is 5. The van der Waals surface area contributed by atoms with Crippen LogP contribution in [0.25, 0.3) is 0 Å². The number of hydrogen-bond donors (Lipinski definition) is 1. The number of anilines is 2. The molecule has 1 aliphatic heterocycles. The lowest BCUT2D eigenvalue weighted by atomic mass is 10.1. The molecular formula is C18H21Cl2N5O. The number of aryl methyl sites for hydroxylation is 2. The third kappa shape index (κ3) is 4.26. The molecule has 0 spiro atoms. The standard InChI is InChI=1S/C18H21Cl2N5O/c1-11-7-16(22-12(2)21-11)25-8-13(9-25)24(3)10-17(26)23-15-6-4-5-14(19)18(15)20/h4-7,13H,8-10H2,1-3H3,(H,23,26). The predicted octanol–water partition coefficient (Wildman–Crippen LogP) is 3.16. The fraction of sp³-hybridized carbons (Fsp3) is 0.389. The first-order valence-electron chi connectivity index (χ1n) is 8.35. The minimum Gasteiger partial charge on any atom is -0.353 e. The van der Waals surface area contributed by atoms with Crippen LogP contribution in [0.15, 0.2) is 24.3 Å². The van der Waals surface area contributed by atoms with E-state index in [0.717, 1.165) is 30.4 Å². The lowest BCUT2D eigenvalue weighted by molar-refractivity contribution is -0.117. The molecule has 1 saturated heterocycles. The summed E-state index contributed by atoms with van der Waals surface area (Å²) in [6.07, 6.45) is 0. The Morgan fingerprint density at radius 3 is 2.73 bits per heavy atom. The molecule has 0 bridgehead atoms. The monoisotopic (exact) mass is 393 g/mol. The Morgan fingerprint density at radius 1 is 1.31 bits per heavy atom. The van der Waals surface area contributed by atoms with Gasteiger partial charge in [-0.3, -0.25) is 9.69 Å². The third-order valence-electron chi connectivity index (χ3n) is 4.38. The molecule has 8 heteroatoms.